The van der Waals surface area contributed by atoms with Gasteiger partial charge in [0.1, 0.15) is 0 Å². The van der Waals surface area contributed by atoms with Crippen molar-refractivity contribution in [2.75, 3.05) is 45.8 Å². The largest absolute Gasteiger partial charge is 0.315 e. The van der Waals surface area contributed by atoms with Crippen LogP contribution in [0.5, 0.6) is 0 Å². The highest BCUT2D eigenvalue weighted by molar-refractivity contribution is 4.93. The van der Waals surface area contributed by atoms with Crippen LogP contribution >= 0.6 is 0 Å². The van der Waals surface area contributed by atoms with Crippen LogP contribution in [-0.2, 0) is 0 Å². The quantitative estimate of drug-likeness (QED) is 0.770. The van der Waals surface area contributed by atoms with Gasteiger partial charge < -0.3 is 10.2 Å². The predicted octanol–water partition coefficient (Wildman–Crippen LogP) is 2.18. The Kier molecular flexibility index (Phi) is 5.67. The van der Waals surface area contributed by atoms with E-state index in [2.05, 4.69) is 35.9 Å². The second kappa shape index (κ2) is 7.05. The van der Waals surface area contributed by atoms with Crippen LogP contribution in [0.4, 0.5) is 0 Å². The van der Waals surface area contributed by atoms with Crippen molar-refractivity contribution in [3.05, 3.63) is 0 Å². The predicted molar refractivity (Wildman–Crippen MR) is 82.6 cm³/mol. The Balaban J connectivity index is 1.76. The third-order valence-electron chi connectivity index (χ3n) is 5.11. The first-order valence-corrected chi connectivity index (χ1v) is 8.30. The van der Waals surface area contributed by atoms with Crippen molar-refractivity contribution in [3.63, 3.8) is 0 Å². The highest BCUT2D eigenvalue weighted by Crippen LogP contribution is 2.31. The van der Waals surface area contributed by atoms with Gasteiger partial charge in [0, 0.05) is 38.8 Å². The molecule has 1 atom stereocenters. The maximum atomic E-state index is 3.59. The lowest BCUT2D eigenvalue weighted by Crippen LogP contribution is -2.60. The summed E-state index contributed by atoms with van der Waals surface area (Å²) >= 11 is 0. The van der Waals surface area contributed by atoms with E-state index < -0.39 is 0 Å². The fourth-order valence-electron chi connectivity index (χ4n) is 3.60. The van der Waals surface area contributed by atoms with Crippen LogP contribution in [0.3, 0.4) is 0 Å². The average Bonchev–Trinajstić information content (AvgIpc) is 2.40. The first kappa shape index (κ1) is 15.3. The van der Waals surface area contributed by atoms with Gasteiger partial charge in [-0.3, -0.25) is 4.90 Å². The molecule has 0 aromatic carbocycles. The van der Waals surface area contributed by atoms with Crippen molar-refractivity contribution in [1.29, 1.82) is 0 Å². The molecule has 3 nitrogen and oxygen atoms in total. The van der Waals surface area contributed by atoms with Gasteiger partial charge in [0.2, 0.25) is 0 Å². The third kappa shape index (κ3) is 4.17. The Hall–Kier alpha value is -0.120. The molecule has 0 aromatic rings. The maximum absolute atomic E-state index is 3.59. The van der Waals surface area contributed by atoms with Gasteiger partial charge >= 0.3 is 0 Å². The highest BCUT2D eigenvalue weighted by atomic mass is 15.3. The molecular weight excluding hydrogens is 234 g/mol. The highest BCUT2D eigenvalue weighted by Gasteiger charge is 2.37. The molecule has 2 aliphatic rings. The lowest BCUT2D eigenvalue weighted by Gasteiger charge is -2.48. The van der Waals surface area contributed by atoms with Crippen LogP contribution in [0, 0.1) is 5.41 Å². The zero-order valence-electron chi connectivity index (χ0n) is 13.2. The van der Waals surface area contributed by atoms with Crippen molar-refractivity contribution in [3.8, 4) is 0 Å². The monoisotopic (exact) mass is 267 g/mol. The van der Waals surface area contributed by atoms with Gasteiger partial charge in [-0.1, -0.05) is 33.6 Å². The van der Waals surface area contributed by atoms with Crippen molar-refractivity contribution in [2.24, 2.45) is 5.41 Å². The van der Waals surface area contributed by atoms with Gasteiger partial charge in [-0.25, -0.2) is 0 Å². The van der Waals surface area contributed by atoms with Crippen LogP contribution < -0.4 is 5.32 Å². The lowest BCUT2D eigenvalue weighted by molar-refractivity contribution is 0.0214. The summed E-state index contributed by atoms with van der Waals surface area (Å²) < 4.78 is 0. The van der Waals surface area contributed by atoms with E-state index >= 15 is 0 Å². The molecule has 1 unspecified atom stereocenters. The van der Waals surface area contributed by atoms with Crippen LogP contribution in [0.2, 0.25) is 0 Å². The maximum Gasteiger partial charge on any atom is 0.0273 e. The SMILES string of the molecule is CCCCCN1CCN(C2CNCCC2(C)C)CC1. The van der Waals surface area contributed by atoms with E-state index in [9.17, 15) is 0 Å². The summed E-state index contributed by atoms with van der Waals surface area (Å²) in [7, 11) is 0. The topological polar surface area (TPSA) is 18.5 Å². The Labute approximate surface area is 119 Å². The molecule has 19 heavy (non-hydrogen) atoms. The van der Waals surface area contributed by atoms with E-state index in [4.69, 9.17) is 0 Å². The lowest BCUT2D eigenvalue weighted by atomic mass is 9.77. The van der Waals surface area contributed by atoms with Gasteiger partial charge in [0.05, 0.1) is 0 Å². The Morgan fingerprint density at radius 2 is 1.84 bits per heavy atom. The molecule has 0 saturated carbocycles. The van der Waals surface area contributed by atoms with Gasteiger partial charge in [-0.2, -0.15) is 0 Å². The Morgan fingerprint density at radius 1 is 1.11 bits per heavy atom. The van der Waals surface area contributed by atoms with E-state index in [1.807, 2.05) is 0 Å². The molecule has 3 heteroatoms. The van der Waals surface area contributed by atoms with Crippen molar-refractivity contribution in [2.45, 2.75) is 52.5 Å². The molecule has 0 amide bonds. The van der Waals surface area contributed by atoms with Crippen molar-refractivity contribution < 1.29 is 0 Å². The van der Waals surface area contributed by atoms with Gasteiger partial charge in [-0.05, 0) is 31.3 Å². The van der Waals surface area contributed by atoms with Crippen LogP contribution in [0.25, 0.3) is 0 Å². The number of unbranched alkanes of at least 4 members (excludes halogenated alkanes) is 2. The number of piperazine rings is 1. The zero-order chi connectivity index (χ0) is 13.7. The smallest absolute Gasteiger partial charge is 0.0273 e. The first-order valence-electron chi connectivity index (χ1n) is 8.30. The number of hydrogen-bond donors (Lipinski definition) is 1. The van der Waals surface area contributed by atoms with E-state index in [-0.39, 0.29) is 0 Å². The molecule has 2 rings (SSSR count). The number of nitrogens with one attached hydrogen (secondary N) is 1. The average molecular weight is 267 g/mol. The van der Waals surface area contributed by atoms with E-state index in [1.165, 1.54) is 71.5 Å². The summed E-state index contributed by atoms with van der Waals surface area (Å²) in [4.78, 5) is 5.40. The number of nitrogens with zero attached hydrogens (tertiary/aromatic N) is 2. The summed E-state index contributed by atoms with van der Waals surface area (Å²) in [6.07, 6.45) is 5.42. The van der Waals surface area contributed by atoms with Crippen molar-refractivity contribution >= 4 is 0 Å². The standard InChI is InChI=1S/C16H33N3/c1-4-5-6-9-18-10-12-19(13-11-18)15-14-17-8-7-16(15,2)3/h15,17H,4-14H2,1-3H3. The minimum Gasteiger partial charge on any atom is -0.315 e. The molecule has 0 radical (unpaired) electrons. The van der Waals surface area contributed by atoms with Crippen LogP contribution in [0.1, 0.15) is 46.5 Å². The second-order valence-electron chi connectivity index (χ2n) is 7.04. The Morgan fingerprint density at radius 3 is 2.47 bits per heavy atom. The van der Waals surface area contributed by atoms with E-state index in [0.29, 0.717) is 5.41 Å². The first-order chi connectivity index (χ1) is 9.13. The zero-order valence-corrected chi connectivity index (χ0v) is 13.2. The van der Waals surface area contributed by atoms with Gasteiger partial charge in [0.25, 0.3) is 0 Å². The van der Waals surface area contributed by atoms with E-state index in [1.54, 1.807) is 0 Å². The Bertz CT molecular complexity index is 257. The molecule has 2 saturated heterocycles. The normalized spacial score (nSPS) is 29.5. The number of piperidine rings is 1. The second-order valence-corrected chi connectivity index (χ2v) is 7.04. The summed E-state index contributed by atoms with van der Waals surface area (Å²) in [5.41, 5.74) is 0.482. The molecule has 0 aliphatic carbocycles. The molecular formula is C16H33N3. The minimum absolute atomic E-state index is 0.482. The summed E-state index contributed by atoms with van der Waals surface area (Å²) in [5, 5.41) is 3.59. The number of rotatable bonds is 5. The molecule has 2 fully saturated rings. The summed E-state index contributed by atoms with van der Waals surface area (Å²) in [6.45, 7) is 16.0. The van der Waals surface area contributed by atoms with Crippen LogP contribution in [-0.4, -0.2) is 61.7 Å². The molecule has 112 valence electrons. The minimum atomic E-state index is 0.482. The van der Waals surface area contributed by atoms with Crippen LogP contribution in [0.15, 0.2) is 0 Å². The summed E-state index contributed by atoms with van der Waals surface area (Å²) in [5.74, 6) is 0. The summed E-state index contributed by atoms with van der Waals surface area (Å²) in [6, 6.07) is 0.735. The fourth-order valence-corrected chi connectivity index (χ4v) is 3.60. The van der Waals surface area contributed by atoms with Gasteiger partial charge in [-0.15, -0.1) is 0 Å². The molecule has 0 spiro atoms. The molecule has 1 N–H and O–H groups in total. The fraction of sp³-hybridized carbons (Fsp3) is 1.00. The molecule has 2 heterocycles. The van der Waals surface area contributed by atoms with E-state index in [0.717, 1.165) is 6.04 Å². The van der Waals surface area contributed by atoms with Crippen molar-refractivity contribution in [1.82, 2.24) is 15.1 Å². The molecule has 0 aromatic heterocycles. The molecule has 0 bridgehead atoms. The number of hydrogen-bond acceptors (Lipinski definition) is 3. The third-order valence-corrected chi connectivity index (χ3v) is 5.11. The molecule has 2 aliphatic heterocycles. The van der Waals surface area contributed by atoms with Gasteiger partial charge in [0.15, 0.2) is 0 Å².